The van der Waals surface area contributed by atoms with Crippen LogP contribution in [0.25, 0.3) is 98.7 Å². The maximum Gasteiger partial charge on any atom is 0.307 e. The van der Waals surface area contributed by atoms with Gasteiger partial charge < -0.3 is 21.3 Å². The summed E-state index contributed by atoms with van der Waals surface area (Å²) in [6.45, 7) is 28.0. The molecule has 1 aliphatic heterocycles. The summed E-state index contributed by atoms with van der Waals surface area (Å²) in [5.74, 6) is 1.65. The topological polar surface area (TPSA) is 18.5 Å². The van der Waals surface area contributed by atoms with Crippen LogP contribution in [0.4, 0.5) is 0 Å². The molecule has 0 aromatic heterocycles. The molecule has 5 heteroatoms. The van der Waals surface area contributed by atoms with Crippen LogP contribution in [0.2, 0.25) is 0 Å². The lowest BCUT2D eigenvalue weighted by Gasteiger charge is -2.29. The van der Waals surface area contributed by atoms with Gasteiger partial charge in [-0.05, 0) is 195 Å². The van der Waals surface area contributed by atoms with Gasteiger partial charge in [-0.2, -0.15) is 0 Å². The van der Waals surface area contributed by atoms with Crippen LogP contribution in [-0.4, -0.2) is 0 Å². The quantitative estimate of drug-likeness (QED) is 0.0820. The fourth-order valence-corrected chi connectivity index (χ4v) is 15.7. The molecule has 0 bridgehead atoms. The number of aryl methyl sites for hydroxylation is 2. The molecule has 2 nitrogen and oxygen atoms in total. The minimum atomic E-state index is -3.38. The molecule has 2 aliphatic carbocycles. The first kappa shape index (κ1) is 54.2. The third-order valence-corrected chi connectivity index (χ3v) is 19.9. The lowest BCUT2D eigenvalue weighted by molar-refractivity contribution is 0.514. The maximum atomic E-state index is 7.58. The van der Waals surface area contributed by atoms with Crippen LogP contribution in [-0.2, 0) is 59.6 Å². The predicted octanol–water partition coefficient (Wildman–Crippen LogP) is 22.5. The van der Waals surface area contributed by atoms with Gasteiger partial charge in [-0.1, -0.05) is 217 Å². The minimum absolute atomic E-state index is 0.0392. The molecule has 0 saturated heterocycles. The SMILES string of the molecule is CC(C)(C)c1cc(-c2c3ccccc3c(-c3cc4c(c5c3O[P+]([S-])(S)Oc3c(-c6c7ccccc7c(-c7cc(C(C)(C)C)cc(C(C)(C)C)c7)c7ccccc67)cc6c(c3-5)CCCC6)CCCC4)c3ccccc23)cc(C(C)(C)C)c1. The van der Waals surface area contributed by atoms with Crippen LogP contribution in [0.3, 0.4) is 0 Å². The Labute approximate surface area is 492 Å². The number of benzene rings is 10. The summed E-state index contributed by atoms with van der Waals surface area (Å²) in [7, 11) is 0. The molecule has 0 fully saturated rings. The van der Waals surface area contributed by atoms with Crippen LogP contribution >= 0.6 is 18.4 Å². The normalized spacial score (nSPS) is 15.4. The van der Waals surface area contributed by atoms with Gasteiger partial charge in [-0.15, -0.1) is 0 Å². The first-order valence-corrected chi connectivity index (χ1v) is 33.5. The number of hydrogen-bond donors (Lipinski definition) is 1. The van der Waals surface area contributed by atoms with E-state index in [2.05, 4.69) is 229 Å². The third-order valence-electron chi connectivity index (χ3n) is 18.2. The molecule has 0 N–H and O–H groups in total. The van der Waals surface area contributed by atoms with Crippen LogP contribution in [0.5, 0.6) is 11.5 Å². The molecule has 0 unspecified atom stereocenters. The fourth-order valence-electron chi connectivity index (χ4n) is 13.8. The van der Waals surface area contributed by atoms with E-state index in [9.17, 15) is 0 Å². The Balaban J connectivity index is 1.14. The molecule has 1 heterocycles. The van der Waals surface area contributed by atoms with Crippen molar-refractivity contribution in [1.82, 2.24) is 0 Å². The fraction of sp³-hybridized carbons (Fsp3) is 0.316. The van der Waals surface area contributed by atoms with Gasteiger partial charge in [-0.3, -0.25) is 0 Å². The van der Waals surface area contributed by atoms with Crippen molar-refractivity contribution in [2.75, 3.05) is 0 Å². The van der Waals surface area contributed by atoms with Crippen molar-refractivity contribution < 1.29 is 9.05 Å². The molecule has 81 heavy (non-hydrogen) atoms. The highest BCUT2D eigenvalue weighted by molar-refractivity contribution is 8.76. The van der Waals surface area contributed by atoms with Crippen molar-refractivity contribution in [3.05, 3.63) is 190 Å². The van der Waals surface area contributed by atoms with Gasteiger partial charge in [0.15, 0.2) is 11.5 Å². The Morgan fingerprint density at radius 2 is 0.605 bits per heavy atom. The first-order valence-electron chi connectivity index (χ1n) is 29.7. The highest BCUT2D eigenvalue weighted by Crippen LogP contribution is 2.71. The zero-order chi connectivity index (χ0) is 56.7. The summed E-state index contributed by atoms with van der Waals surface area (Å²) in [5.41, 5.74) is 22.6. The van der Waals surface area contributed by atoms with Crippen molar-refractivity contribution in [3.63, 3.8) is 0 Å². The van der Waals surface area contributed by atoms with Crippen LogP contribution in [0, 0.1) is 0 Å². The summed E-state index contributed by atoms with van der Waals surface area (Å²) in [6.07, 6.45) is 5.03. The molecule has 13 rings (SSSR count). The Morgan fingerprint density at radius 3 is 0.877 bits per heavy atom. The van der Waals surface area contributed by atoms with Gasteiger partial charge in [0.25, 0.3) is 0 Å². The van der Waals surface area contributed by atoms with Crippen LogP contribution < -0.4 is 9.05 Å². The highest BCUT2D eigenvalue weighted by atomic mass is 33.1. The molecular formula is C76H77O2PS2. The number of fused-ring (bicyclic) bond motifs is 11. The number of hydrogen-bond acceptors (Lipinski definition) is 4. The maximum absolute atomic E-state index is 7.58. The molecule has 0 amide bonds. The van der Waals surface area contributed by atoms with E-state index < -0.39 is 6.12 Å². The third kappa shape index (κ3) is 9.39. The smallest absolute Gasteiger partial charge is 0.307 e. The van der Waals surface area contributed by atoms with Crippen LogP contribution in [0.15, 0.2) is 146 Å². The van der Waals surface area contributed by atoms with Gasteiger partial charge in [0, 0.05) is 33.4 Å². The average Bonchev–Trinajstić information content (AvgIpc) is 3.86. The molecule has 10 aromatic carbocycles. The predicted molar refractivity (Wildman–Crippen MR) is 356 cm³/mol. The Bertz CT molecular complexity index is 3800. The van der Waals surface area contributed by atoms with E-state index in [0.29, 0.717) is 0 Å². The number of thiol groups is 1. The minimum Gasteiger partial charge on any atom is -0.460 e. The lowest BCUT2D eigenvalue weighted by atomic mass is 9.75. The van der Waals surface area contributed by atoms with E-state index in [1.54, 1.807) is 0 Å². The summed E-state index contributed by atoms with van der Waals surface area (Å²) in [4.78, 5) is 0. The van der Waals surface area contributed by atoms with Crippen molar-refractivity contribution in [1.29, 1.82) is 0 Å². The van der Waals surface area contributed by atoms with E-state index >= 15 is 0 Å². The van der Waals surface area contributed by atoms with Gasteiger partial charge >= 0.3 is 6.12 Å². The standard InChI is InChI=1S/C76H77O2PS2/c1-73(2,3)49-37-47(38-50(43-49)74(4,5)6)65-55-29-17-21-33-59(55)67(60-34-22-18-30-56(60)65)63-41-45-25-13-15-27-53(45)69-70-54-28-16-14-26-46(54)42-64(72(70)78-79(80,81)77-71(63)69)68-61-35-23-19-31-57(61)66(58-32-20-24-36-62(58)68)48-39-51(75(7,8)9)44-52(40-48)76(10,11)12/h17-24,29-44H,13-16,25-28H2,1-12H3,(H,80,81). The number of rotatable bonds is 4. The lowest BCUT2D eigenvalue weighted by Crippen LogP contribution is -2.16. The van der Waals surface area contributed by atoms with E-state index in [1.807, 2.05) is 0 Å². The molecule has 0 spiro atoms. The molecule has 3 aliphatic rings. The summed E-state index contributed by atoms with van der Waals surface area (Å²) in [5, 5.41) is 9.67. The molecule has 0 atom stereocenters. The average molecular weight is 1120 g/mol. The first-order chi connectivity index (χ1) is 38.4. The molecular weight excluding hydrogens is 1040 g/mol. The van der Waals surface area contributed by atoms with Gasteiger partial charge in [-0.25, -0.2) is 0 Å². The molecule has 0 saturated carbocycles. The second-order valence-electron chi connectivity index (χ2n) is 27.9. The summed E-state index contributed by atoms with van der Waals surface area (Å²) >= 11 is 12.2. The zero-order valence-corrected chi connectivity index (χ0v) is 52.2. The van der Waals surface area contributed by atoms with Gasteiger partial charge in [0.05, 0.1) is 12.2 Å². The van der Waals surface area contributed by atoms with Crippen molar-refractivity contribution in [2.24, 2.45) is 0 Å². The Morgan fingerprint density at radius 1 is 0.346 bits per heavy atom. The molecule has 0 radical (unpaired) electrons. The van der Waals surface area contributed by atoms with Crippen LogP contribution in [0.1, 0.15) is 153 Å². The van der Waals surface area contributed by atoms with Crippen molar-refractivity contribution in [3.8, 4) is 67.1 Å². The second kappa shape index (κ2) is 19.5. The van der Waals surface area contributed by atoms with E-state index in [-0.39, 0.29) is 21.7 Å². The monoisotopic (exact) mass is 1120 g/mol. The van der Waals surface area contributed by atoms with Gasteiger partial charge in [0.2, 0.25) is 0 Å². The Hall–Kier alpha value is -6.03. The van der Waals surface area contributed by atoms with E-state index in [4.69, 9.17) is 33.5 Å². The van der Waals surface area contributed by atoms with Crippen molar-refractivity contribution >= 4 is 73.7 Å². The zero-order valence-electron chi connectivity index (χ0n) is 49.6. The van der Waals surface area contributed by atoms with Crippen molar-refractivity contribution in [2.45, 2.75) is 156 Å². The summed E-state index contributed by atoms with van der Waals surface area (Å²) in [6, 6.07) is 56.1. The Kier molecular flexibility index (Phi) is 13.1. The van der Waals surface area contributed by atoms with E-state index in [0.717, 1.165) is 74.0 Å². The second-order valence-corrected chi connectivity index (χ2v) is 33.0. The largest absolute Gasteiger partial charge is 0.460 e. The molecule has 410 valence electrons. The highest BCUT2D eigenvalue weighted by Gasteiger charge is 2.42. The van der Waals surface area contributed by atoms with Gasteiger partial charge in [0.1, 0.15) is 0 Å². The summed E-state index contributed by atoms with van der Waals surface area (Å²) < 4.78 is 15.2. The van der Waals surface area contributed by atoms with E-state index in [1.165, 1.54) is 132 Å². The molecule has 10 aromatic rings.